The first-order valence-corrected chi connectivity index (χ1v) is 5.42. The number of ether oxygens (including phenoxy) is 2. The van der Waals surface area contributed by atoms with Gasteiger partial charge in [0.25, 0.3) is 0 Å². The highest BCUT2D eigenvalue weighted by Crippen LogP contribution is 2.30. The second kappa shape index (κ2) is 4.57. The smallest absolute Gasteiger partial charge is 0.316 e. The van der Waals surface area contributed by atoms with Gasteiger partial charge in [-0.05, 0) is 18.1 Å². The van der Waals surface area contributed by atoms with Crippen molar-refractivity contribution in [3.05, 3.63) is 29.3 Å². The third-order valence-corrected chi connectivity index (χ3v) is 3.10. The summed E-state index contributed by atoms with van der Waals surface area (Å²) < 4.78 is 9.86. The summed E-state index contributed by atoms with van der Waals surface area (Å²) in [6, 6.07) is 5.60. The third-order valence-electron chi connectivity index (χ3n) is 3.10. The van der Waals surface area contributed by atoms with E-state index in [1.807, 2.05) is 18.2 Å². The van der Waals surface area contributed by atoms with Gasteiger partial charge in [-0.25, -0.2) is 0 Å². The maximum atomic E-state index is 11.9. The van der Waals surface area contributed by atoms with Crippen LogP contribution in [-0.4, -0.2) is 26.0 Å². The van der Waals surface area contributed by atoms with Crippen LogP contribution in [0, 0.1) is 5.92 Å². The minimum atomic E-state index is -0.667. The minimum Gasteiger partial charge on any atom is -0.496 e. The topological polar surface area (TPSA) is 52.6 Å². The molecule has 1 aromatic carbocycles. The molecule has 0 bridgehead atoms. The fraction of sp³-hybridized carbons (Fsp3) is 0.385. The molecule has 0 saturated heterocycles. The first kappa shape index (κ1) is 11.6. The Morgan fingerprint density at radius 3 is 2.76 bits per heavy atom. The molecule has 1 aliphatic rings. The lowest BCUT2D eigenvalue weighted by Crippen LogP contribution is -2.32. The van der Waals surface area contributed by atoms with Gasteiger partial charge in [0.05, 0.1) is 14.2 Å². The predicted molar refractivity (Wildman–Crippen MR) is 60.9 cm³/mol. The quantitative estimate of drug-likeness (QED) is 0.569. The van der Waals surface area contributed by atoms with E-state index in [1.54, 1.807) is 7.11 Å². The molecule has 2 rings (SSSR count). The lowest BCUT2D eigenvalue weighted by Gasteiger charge is -2.23. The van der Waals surface area contributed by atoms with Crippen LogP contribution in [0.15, 0.2) is 18.2 Å². The molecule has 0 N–H and O–H groups in total. The van der Waals surface area contributed by atoms with Crippen LogP contribution in [0.5, 0.6) is 5.75 Å². The molecule has 4 nitrogen and oxygen atoms in total. The lowest BCUT2D eigenvalue weighted by atomic mass is 9.82. The highest BCUT2D eigenvalue weighted by Gasteiger charge is 2.33. The first-order chi connectivity index (χ1) is 8.17. The number of hydrogen-bond donors (Lipinski definition) is 0. The Labute approximate surface area is 99.5 Å². The van der Waals surface area contributed by atoms with Crippen molar-refractivity contribution < 1.29 is 19.1 Å². The molecular weight excluding hydrogens is 220 g/mol. The number of hydrogen-bond acceptors (Lipinski definition) is 4. The lowest BCUT2D eigenvalue weighted by molar-refractivity contribution is -0.149. The van der Waals surface area contributed by atoms with Gasteiger partial charge in [0, 0.05) is 12.0 Å². The zero-order chi connectivity index (χ0) is 12.4. The van der Waals surface area contributed by atoms with E-state index < -0.39 is 11.9 Å². The third kappa shape index (κ3) is 2.02. The summed E-state index contributed by atoms with van der Waals surface area (Å²) in [6.07, 6.45) is 0.636. The highest BCUT2D eigenvalue weighted by atomic mass is 16.5. The van der Waals surface area contributed by atoms with Gasteiger partial charge in [-0.2, -0.15) is 0 Å². The molecule has 0 saturated carbocycles. The molecule has 1 aromatic rings. The summed E-state index contributed by atoms with van der Waals surface area (Å²) in [5.74, 6) is -0.518. The average molecular weight is 234 g/mol. The second-order valence-corrected chi connectivity index (χ2v) is 4.02. The molecule has 4 heteroatoms. The average Bonchev–Trinajstić information content (AvgIpc) is 2.36. The largest absolute Gasteiger partial charge is 0.496 e. The molecule has 0 radical (unpaired) electrons. The van der Waals surface area contributed by atoms with Crippen LogP contribution in [0.3, 0.4) is 0 Å². The highest BCUT2D eigenvalue weighted by molar-refractivity contribution is 6.01. The number of benzene rings is 1. The summed E-state index contributed by atoms with van der Waals surface area (Å²) in [7, 11) is 2.88. The zero-order valence-corrected chi connectivity index (χ0v) is 9.86. The van der Waals surface area contributed by atoms with Crippen molar-refractivity contribution in [1.82, 2.24) is 0 Å². The zero-order valence-electron chi connectivity index (χ0n) is 9.86. The van der Waals surface area contributed by atoms with Crippen LogP contribution in [0.1, 0.15) is 11.1 Å². The normalized spacial score (nSPS) is 18.5. The van der Waals surface area contributed by atoms with Crippen LogP contribution in [0.2, 0.25) is 0 Å². The van der Waals surface area contributed by atoms with Crippen LogP contribution in [0.25, 0.3) is 0 Å². The second-order valence-electron chi connectivity index (χ2n) is 4.02. The van der Waals surface area contributed by atoms with E-state index in [0.717, 1.165) is 11.1 Å². The maximum absolute atomic E-state index is 11.9. The number of carbonyl (C=O) groups is 2. The van der Waals surface area contributed by atoms with Crippen molar-refractivity contribution in [3.8, 4) is 5.75 Å². The Bertz CT molecular complexity index is 464. The van der Waals surface area contributed by atoms with Crippen molar-refractivity contribution in [2.75, 3.05) is 14.2 Å². The Hall–Kier alpha value is -1.84. The Balaban J connectivity index is 2.36. The maximum Gasteiger partial charge on any atom is 0.316 e. The number of rotatable bonds is 2. The first-order valence-electron chi connectivity index (χ1n) is 5.42. The van der Waals surface area contributed by atoms with E-state index >= 15 is 0 Å². The van der Waals surface area contributed by atoms with Crippen LogP contribution < -0.4 is 4.74 Å². The molecule has 1 aliphatic carbocycles. The van der Waals surface area contributed by atoms with E-state index in [-0.39, 0.29) is 12.2 Å². The Kier molecular flexibility index (Phi) is 3.13. The Morgan fingerprint density at radius 1 is 1.35 bits per heavy atom. The van der Waals surface area contributed by atoms with Crippen molar-refractivity contribution in [2.45, 2.75) is 12.8 Å². The SMILES string of the molecule is COC(=O)[C@H]1Cc2cccc(OC)c2CC1=O. The molecule has 17 heavy (non-hydrogen) atoms. The standard InChI is InChI=1S/C13H14O4/c1-16-12-5-3-4-8-6-10(13(15)17-2)11(14)7-9(8)12/h3-5,10H,6-7H2,1-2H3/t10-/m0/s1. The molecule has 0 heterocycles. The molecule has 0 unspecified atom stereocenters. The number of fused-ring (bicyclic) bond motifs is 1. The number of Topliss-reactive ketones (excluding diaryl/α,β-unsaturated/α-hetero) is 1. The van der Waals surface area contributed by atoms with Crippen molar-refractivity contribution in [1.29, 1.82) is 0 Å². The molecular formula is C13H14O4. The number of ketones is 1. The summed E-state index contributed by atoms with van der Waals surface area (Å²) >= 11 is 0. The van der Waals surface area contributed by atoms with E-state index in [2.05, 4.69) is 4.74 Å². The summed E-state index contributed by atoms with van der Waals surface area (Å²) in [5.41, 5.74) is 1.87. The Morgan fingerprint density at radius 2 is 2.12 bits per heavy atom. The van der Waals surface area contributed by atoms with Crippen molar-refractivity contribution >= 4 is 11.8 Å². The van der Waals surface area contributed by atoms with Gasteiger partial charge in [0.1, 0.15) is 11.7 Å². The van der Waals surface area contributed by atoms with Gasteiger partial charge >= 0.3 is 5.97 Å². The molecule has 0 aromatic heterocycles. The van der Waals surface area contributed by atoms with E-state index in [9.17, 15) is 9.59 Å². The van der Waals surface area contributed by atoms with E-state index in [4.69, 9.17) is 4.74 Å². The van der Waals surface area contributed by atoms with Crippen LogP contribution in [0.4, 0.5) is 0 Å². The van der Waals surface area contributed by atoms with E-state index in [0.29, 0.717) is 12.2 Å². The molecule has 0 spiro atoms. The van der Waals surface area contributed by atoms with Crippen molar-refractivity contribution in [3.63, 3.8) is 0 Å². The number of methoxy groups -OCH3 is 2. The summed E-state index contributed by atoms with van der Waals surface area (Å²) in [4.78, 5) is 23.3. The van der Waals surface area contributed by atoms with E-state index in [1.165, 1.54) is 7.11 Å². The summed E-state index contributed by atoms with van der Waals surface area (Å²) in [6.45, 7) is 0. The van der Waals surface area contributed by atoms with Gasteiger partial charge in [-0.3, -0.25) is 9.59 Å². The van der Waals surface area contributed by atoms with Gasteiger partial charge in [-0.15, -0.1) is 0 Å². The number of carbonyl (C=O) groups excluding carboxylic acids is 2. The molecule has 0 amide bonds. The van der Waals surface area contributed by atoms with Gasteiger partial charge < -0.3 is 9.47 Å². The van der Waals surface area contributed by atoms with Crippen LogP contribution >= 0.6 is 0 Å². The fourth-order valence-electron chi connectivity index (χ4n) is 2.18. The molecule has 0 fully saturated rings. The summed E-state index contributed by atoms with van der Waals surface area (Å²) in [5, 5.41) is 0. The molecule has 90 valence electrons. The van der Waals surface area contributed by atoms with Gasteiger partial charge in [-0.1, -0.05) is 12.1 Å². The van der Waals surface area contributed by atoms with Gasteiger partial charge in [0.15, 0.2) is 5.78 Å². The van der Waals surface area contributed by atoms with Crippen LogP contribution in [-0.2, 0) is 27.2 Å². The molecule has 1 atom stereocenters. The fourth-order valence-corrected chi connectivity index (χ4v) is 2.18. The van der Waals surface area contributed by atoms with Gasteiger partial charge in [0.2, 0.25) is 0 Å². The minimum absolute atomic E-state index is 0.103. The predicted octanol–water partition coefficient (Wildman–Crippen LogP) is 1.15. The monoisotopic (exact) mass is 234 g/mol. The number of esters is 1. The van der Waals surface area contributed by atoms with Crippen molar-refractivity contribution in [2.24, 2.45) is 5.92 Å². The molecule has 0 aliphatic heterocycles.